The smallest absolute Gasteiger partial charge is 0.427 e. The first-order chi connectivity index (χ1) is 15.6. The van der Waals surface area contributed by atoms with Gasteiger partial charge < -0.3 is 19.8 Å². The van der Waals surface area contributed by atoms with E-state index in [-0.39, 0.29) is 11.3 Å². The quantitative estimate of drug-likeness (QED) is 0.639. The van der Waals surface area contributed by atoms with Gasteiger partial charge in [-0.25, -0.2) is 19.2 Å². The Kier molecular flexibility index (Phi) is 7.66. The molecule has 1 saturated heterocycles. The van der Waals surface area contributed by atoms with Crippen molar-refractivity contribution in [2.75, 3.05) is 36.9 Å². The Morgan fingerprint density at radius 3 is 2.67 bits per heavy atom. The van der Waals surface area contributed by atoms with Gasteiger partial charge in [-0.3, -0.25) is 0 Å². The minimum Gasteiger partial charge on any atom is -0.427 e. The van der Waals surface area contributed by atoms with Crippen LogP contribution in [0.3, 0.4) is 0 Å². The van der Waals surface area contributed by atoms with Crippen LogP contribution in [-0.4, -0.2) is 53.5 Å². The molecule has 2 heterocycles. The highest BCUT2D eigenvalue weighted by atomic mass is 19.1. The molecule has 1 aliphatic rings. The number of anilines is 3. The molecule has 3 rings (SSSR count). The zero-order chi connectivity index (χ0) is 24.0. The Balaban J connectivity index is 1.52. The third-order valence-corrected chi connectivity index (χ3v) is 5.10. The van der Waals surface area contributed by atoms with Gasteiger partial charge in [-0.15, -0.1) is 5.06 Å². The van der Waals surface area contributed by atoms with E-state index in [1.165, 1.54) is 18.5 Å². The van der Waals surface area contributed by atoms with E-state index >= 15 is 0 Å². The summed E-state index contributed by atoms with van der Waals surface area (Å²) in [6, 6.07) is 7.88. The first kappa shape index (κ1) is 24.2. The number of benzene rings is 1. The fraction of sp³-hybridized carbons (Fsp3) is 0.478. The number of nitriles is 1. The number of nitrogens with one attached hydrogen (secondary N) is 1. The number of hydrogen-bond donors (Lipinski definition) is 1. The van der Waals surface area contributed by atoms with Crippen molar-refractivity contribution >= 4 is 23.5 Å². The number of ether oxygens (including phenoxy) is 1. The molecule has 9 nitrogen and oxygen atoms in total. The first-order valence-corrected chi connectivity index (χ1v) is 10.8. The van der Waals surface area contributed by atoms with E-state index in [2.05, 4.69) is 15.3 Å². The molecule has 0 bridgehead atoms. The number of aromatic nitrogens is 2. The van der Waals surface area contributed by atoms with Gasteiger partial charge in [0.05, 0.1) is 17.3 Å². The molecule has 0 radical (unpaired) electrons. The molecule has 0 saturated carbocycles. The van der Waals surface area contributed by atoms with Crippen LogP contribution in [0.5, 0.6) is 0 Å². The summed E-state index contributed by atoms with van der Waals surface area (Å²) in [4.78, 5) is 27.6. The molecule has 1 fully saturated rings. The number of nitrogens with zero attached hydrogens (tertiary/aromatic N) is 5. The maximum absolute atomic E-state index is 14.2. The highest BCUT2D eigenvalue weighted by Crippen LogP contribution is 2.24. The molecule has 1 aromatic carbocycles. The summed E-state index contributed by atoms with van der Waals surface area (Å²) in [5.41, 5.74) is -0.0998. The lowest BCUT2D eigenvalue weighted by atomic mass is 9.97. The summed E-state index contributed by atoms with van der Waals surface area (Å²) in [5, 5.41) is 13.5. The molecule has 0 aliphatic carbocycles. The lowest BCUT2D eigenvalue weighted by Gasteiger charge is -2.33. The van der Waals surface area contributed by atoms with Crippen LogP contribution in [-0.2, 0) is 9.57 Å². The van der Waals surface area contributed by atoms with Crippen LogP contribution in [0.2, 0.25) is 0 Å². The van der Waals surface area contributed by atoms with Gasteiger partial charge in [0.25, 0.3) is 0 Å². The number of piperidine rings is 1. The number of hydrogen-bond acceptors (Lipinski definition) is 9. The Labute approximate surface area is 193 Å². The Morgan fingerprint density at radius 1 is 1.30 bits per heavy atom. The molecule has 0 spiro atoms. The largest absolute Gasteiger partial charge is 0.528 e. The van der Waals surface area contributed by atoms with Gasteiger partial charge in [-0.05, 0) is 57.7 Å². The third kappa shape index (κ3) is 7.29. The average Bonchev–Trinajstić information content (AvgIpc) is 2.75. The number of rotatable bonds is 6. The monoisotopic (exact) mass is 456 g/mol. The van der Waals surface area contributed by atoms with E-state index in [1.807, 2.05) is 18.0 Å². The molecule has 1 aliphatic heterocycles. The SMILES string of the molecule is CN(CC1CCN(OC(=O)OC(C)(C)C)CC1)c1cc(Nc2ccc(C#N)cc2F)ncn1. The summed E-state index contributed by atoms with van der Waals surface area (Å²) in [6.45, 7) is 7.42. The average molecular weight is 457 g/mol. The Hall–Kier alpha value is -3.45. The van der Waals surface area contributed by atoms with Gasteiger partial charge in [0.1, 0.15) is 29.4 Å². The highest BCUT2D eigenvalue weighted by molar-refractivity contribution is 5.61. The van der Waals surface area contributed by atoms with Crippen molar-refractivity contribution in [3.05, 3.63) is 42.0 Å². The Morgan fingerprint density at radius 2 is 2.03 bits per heavy atom. The molecular weight excluding hydrogens is 427 g/mol. The molecule has 2 aromatic rings. The van der Waals surface area contributed by atoms with Gasteiger partial charge in [-0.1, -0.05) is 0 Å². The van der Waals surface area contributed by atoms with Crippen LogP contribution in [0, 0.1) is 23.1 Å². The molecule has 0 atom stereocenters. The van der Waals surface area contributed by atoms with E-state index < -0.39 is 17.6 Å². The maximum atomic E-state index is 14.2. The van der Waals surface area contributed by atoms with Crippen molar-refractivity contribution in [3.63, 3.8) is 0 Å². The normalized spacial score (nSPS) is 14.9. The lowest BCUT2D eigenvalue weighted by molar-refractivity contribution is -0.154. The van der Waals surface area contributed by atoms with E-state index in [0.29, 0.717) is 30.6 Å². The van der Waals surface area contributed by atoms with Crippen molar-refractivity contribution in [1.82, 2.24) is 15.0 Å². The van der Waals surface area contributed by atoms with E-state index in [4.69, 9.17) is 14.8 Å². The van der Waals surface area contributed by atoms with Crippen LogP contribution in [0.1, 0.15) is 39.2 Å². The zero-order valence-corrected chi connectivity index (χ0v) is 19.3. The van der Waals surface area contributed by atoms with Crippen LogP contribution in [0.4, 0.5) is 26.5 Å². The van der Waals surface area contributed by atoms with Gasteiger partial charge in [-0.2, -0.15) is 5.26 Å². The fourth-order valence-electron chi connectivity index (χ4n) is 3.49. The lowest BCUT2D eigenvalue weighted by Crippen LogP contribution is -2.40. The van der Waals surface area contributed by atoms with Gasteiger partial charge >= 0.3 is 6.16 Å². The fourth-order valence-corrected chi connectivity index (χ4v) is 3.49. The van der Waals surface area contributed by atoms with Crippen molar-refractivity contribution < 1.29 is 18.8 Å². The Bertz CT molecular complexity index is 1010. The summed E-state index contributed by atoms with van der Waals surface area (Å²) < 4.78 is 19.4. The molecule has 10 heteroatoms. The van der Waals surface area contributed by atoms with Crippen molar-refractivity contribution in [2.45, 2.75) is 39.2 Å². The van der Waals surface area contributed by atoms with E-state index in [1.54, 1.807) is 38.0 Å². The molecule has 1 N–H and O–H groups in total. The van der Waals surface area contributed by atoms with E-state index in [9.17, 15) is 9.18 Å². The van der Waals surface area contributed by atoms with Crippen molar-refractivity contribution in [3.8, 4) is 6.07 Å². The molecule has 176 valence electrons. The first-order valence-electron chi connectivity index (χ1n) is 10.8. The number of carbonyl (C=O) groups excluding carboxylic acids is 1. The topological polar surface area (TPSA) is 104 Å². The standard InChI is InChI=1S/C23H29FN6O3/c1-23(2,3)32-22(31)33-30-9-7-16(8-10-30)14-29(4)21-12-20(26-15-27-21)28-19-6-5-17(13-25)11-18(19)24/h5-6,11-12,15-16H,7-10,14H2,1-4H3,(H,26,27,28). The third-order valence-electron chi connectivity index (χ3n) is 5.10. The second-order valence-electron chi connectivity index (χ2n) is 9.00. The summed E-state index contributed by atoms with van der Waals surface area (Å²) in [7, 11) is 1.94. The predicted molar refractivity (Wildman–Crippen MR) is 121 cm³/mol. The molecule has 0 unspecified atom stereocenters. The summed E-state index contributed by atoms with van der Waals surface area (Å²) in [5.74, 6) is 1.03. The predicted octanol–water partition coefficient (Wildman–Crippen LogP) is 4.25. The molecule has 33 heavy (non-hydrogen) atoms. The zero-order valence-electron chi connectivity index (χ0n) is 19.3. The van der Waals surface area contributed by atoms with Crippen LogP contribution >= 0.6 is 0 Å². The van der Waals surface area contributed by atoms with Crippen molar-refractivity contribution in [2.24, 2.45) is 5.92 Å². The second kappa shape index (κ2) is 10.4. The summed E-state index contributed by atoms with van der Waals surface area (Å²) in [6.07, 6.45) is 2.46. The van der Waals surface area contributed by atoms with Crippen LogP contribution < -0.4 is 10.2 Å². The minimum absolute atomic E-state index is 0.235. The maximum Gasteiger partial charge on any atom is 0.528 e. The minimum atomic E-state index is -0.683. The van der Waals surface area contributed by atoms with Crippen LogP contribution in [0.25, 0.3) is 0 Å². The van der Waals surface area contributed by atoms with E-state index in [0.717, 1.165) is 19.4 Å². The van der Waals surface area contributed by atoms with Crippen LogP contribution in [0.15, 0.2) is 30.6 Å². The van der Waals surface area contributed by atoms with Gasteiger partial charge in [0, 0.05) is 32.7 Å². The molecular formula is C23H29FN6O3. The number of halogens is 1. The summed E-state index contributed by atoms with van der Waals surface area (Å²) >= 11 is 0. The molecule has 0 amide bonds. The van der Waals surface area contributed by atoms with Gasteiger partial charge in [0.15, 0.2) is 0 Å². The van der Waals surface area contributed by atoms with Gasteiger partial charge in [0.2, 0.25) is 0 Å². The second-order valence-corrected chi connectivity index (χ2v) is 9.00. The van der Waals surface area contributed by atoms with Crippen molar-refractivity contribution in [1.29, 1.82) is 5.26 Å². The number of carbonyl (C=O) groups is 1. The highest BCUT2D eigenvalue weighted by Gasteiger charge is 2.26. The number of hydroxylamine groups is 2. The molecule has 1 aromatic heterocycles.